The van der Waals surface area contributed by atoms with E-state index in [1.165, 1.54) is 14.1 Å². The van der Waals surface area contributed by atoms with Gasteiger partial charge in [-0.15, -0.1) is 0 Å². The summed E-state index contributed by atoms with van der Waals surface area (Å²) in [5.74, 6) is -1.80. The van der Waals surface area contributed by atoms with Crippen LogP contribution >= 0.6 is 0 Å². The molecule has 1 aromatic rings. The highest BCUT2D eigenvalue weighted by Gasteiger charge is 2.25. The van der Waals surface area contributed by atoms with Gasteiger partial charge in [0.05, 0.1) is 0 Å². The Hall–Kier alpha value is -1.05. The van der Waals surface area contributed by atoms with Gasteiger partial charge < -0.3 is 5.32 Å². The number of hydrogen-bond acceptors (Lipinski definition) is 3. The standard InChI is InChI=1S/C11H16F2N2O2S/c1-4-14-7-8-9(12)5-6-10(11(8)13)18(16,17)15(2)3/h5-6,14H,4,7H2,1-3H3. The van der Waals surface area contributed by atoms with Gasteiger partial charge in [-0.05, 0) is 18.7 Å². The van der Waals surface area contributed by atoms with Crippen LogP contribution in [-0.2, 0) is 16.6 Å². The molecule has 7 heteroatoms. The Morgan fingerprint density at radius 1 is 1.28 bits per heavy atom. The van der Waals surface area contributed by atoms with Crippen molar-refractivity contribution in [1.82, 2.24) is 9.62 Å². The highest BCUT2D eigenvalue weighted by Crippen LogP contribution is 2.22. The van der Waals surface area contributed by atoms with Crippen molar-refractivity contribution in [2.45, 2.75) is 18.4 Å². The van der Waals surface area contributed by atoms with Gasteiger partial charge in [-0.25, -0.2) is 21.5 Å². The third kappa shape index (κ3) is 2.85. The van der Waals surface area contributed by atoms with Gasteiger partial charge in [-0.1, -0.05) is 6.92 Å². The molecule has 0 aromatic heterocycles. The van der Waals surface area contributed by atoms with Gasteiger partial charge in [0.2, 0.25) is 10.0 Å². The van der Waals surface area contributed by atoms with Gasteiger partial charge in [0.25, 0.3) is 0 Å². The first-order valence-electron chi connectivity index (χ1n) is 5.42. The van der Waals surface area contributed by atoms with Gasteiger partial charge in [0.1, 0.15) is 10.7 Å². The van der Waals surface area contributed by atoms with Crippen molar-refractivity contribution in [3.63, 3.8) is 0 Å². The van der Waals surface area contributed by atoms with Crippen LogP contribution in [0.2, 0.25) is 0 Å². The van der Waals surface area contributed by atoms with Crippen LogP contribution in [0.5, 0.6) is 0 Å². The number of rotatable bonds is 5. The fourth-order valence-corrected chi connectivity index (χ4v) is 2.37. The predicted molar refractivity (Wildman–Crippen MR) is 64.6 cm³/mol. The maximum absolute atomic E-state index is 14.0. The highest BCUT2D eigenvalue weighted by atomic mass is 32.2. The Morgan fingerprint density at radius 3 is 2.39 bits per heavy atom. The molecule has 1 N–H and O–H groups in total. The average molecular weight is 278 g/mol. The first kappa shape index (κ1) is 15.0. The molecule has 102 valence electrons. The molecule has 0 aliphatic rings. The minimum absolute atomic E-state index is 0.0506. The fourth-order valence-electron chi connectivity index (χ4n) is 1.38. The molecule has 0 radical (unpaired) electrons. The maximum Gasteiger partial charge on any atom is 0.245 e. The van der Waals surface area contributed by atoms with E-state index in [4.69, 9.17) is 0 Å². The number of sulfonamides is 1. The SMILES string of the molecule is CCNCc1c(F)ccc(S(=O)(=O)N(C)C)c1F. The zero-order valence-electron chi connectivity index (χ0n) is 10.5. The maximum atomic E-state index is 14.0. The van der Waals surface area contributed by atoms with E-state index in [2.05, 4.69) is 5.32 Å². The molecule has 18 heavy (non-hydrogen) atoms. The molecule has 0 saturated carbocycles. The molecular weight excluding hydrogens is 262 g/mol. The molecule has 0 bridgehead atoms. The summed E-state index contributed by atoms with van der Waals surface area (Å²) in [6.45, 7) is 2.27. The number of hydrogen-bond donors (Lipinski definition) is 1. The zero-order chi connectivity index (χ0) is 13.9. The van der Waals surface area contributed by atoms with E-state index >= 15 is 0 Å². The lowest BCUT2D eigenvalue weighted by atomic mass is 10.2. The molecule has 0 aliphatic carbocycles. The number of halogens is 2. The van der Waals surface area contributed by atoms with E-state index in [9.17, 15) is 17.2 Å². The van der Waals surface area contributed by atoms with E-state index in [0.29, 0.717) is 6.54 Å². The third-order valence-corrected chi connectivity index (χ3v) is 4.29. The molecule has 0 fully saturated rings. The molecule has 4 nitrogen and oxygen atoms in total. The molecular formula is C11H16F2N2O2S. The van der Waals surface area contributed by atoms with Gasteiger partial charge in [0.15, 0.2) is 5.82 Å². The summed E-state index contributed by atoms with van der Waals surface area (Å²) in [6, 6.07) is 1.90. The van der Waals surface area contributed by atoms with Crippen LogP contribution in [0, 0.1) is 11.6 Å². The summed E-state index contributed by atoms with van der Waals surface area (Å²) in [4.78, 5) is -0.512. The lowest BCUT2D eigenvalue weighted by molar-refractivity contribution is 0.492. The van der Waals surface area contributed by atoms with Crippen LogP contribution in [0.1, 0.15) is 12.5 Å². The second-order valence-corrected chi connectivity index (χ2v) is 6.03. The van der Waals surface area contributed by atoms with Gasteiger partial charge in [-0.2, -0.15) is 0 Å². The van der Waals surface area contributed by atoms with Crippen LogP contribution in [0.4, 0.5) is 8.78 Å². The van der Waals surface area contributed by atoms with E-state index in [1.807, 2.05) is 0 Å². The minimum atomic E-state index is -3.91. The van der Waals surface area contributed by atoms with Crippen LogP contribution in [-0.4, -0.2) is 33.4 Å². The Labute approximate surface area is 106 Å². The quantitative estimate of drug-likeness (QED) is 0.884. The fraction of sp³-hybridized carbons (Fsp3) is 0.455. The minimum Gasteiger partial charge on any atom is -0.313 e. The molecule has 0 amide bonds. The van der Waals surface area contributed by atoms with E-state index in [0.717, 1.165) is 16.4 Å². The Kier molecular flexibility index (Phi) is 4.78. The number of nitrogens with zero attached hydrogens (tertiary/aromatic N) is 1. The van der Waals surface area contributed by atoms with Crippen molar-refractivity contribution >= 4 is 10.0 Å². The Morgan fingerprint density at radius 2 is 1.89 bits per heavy atom. The van der Waals surface area contributed by atoms with E-state index in [-0.39, 0.29) is 12.1 Å². The van der Waals surface area contributed by atoms with Crippen LogP contribution in [0.3, 0.4) is 0 Å². The summed E-state index contributed by atoms with van der Waals surface area (Å²) in [6.07, 6.45) is 0. The van der Waals surface area contributed by atoms with E-state index in [1.54, 1.807) is 6.92 Å². The van der Waals surface area contributed by atoms with Crippen molar-refractivity contribution in [3.05, 3.63) is 29.3 Å². The summed E-state index contributed by atoms with van der Waals surface area (Å²) in [7, 11) is -1.32. The second-order valence-electron chi connectivity index (χ2n) is 3.91. The van der Waals surface area contributed by atoms with Gasteiger partial charge in [-0.3, -0.25) is 0 Å². The lowest BCUT2D eigenvalue weighted by Crippen LogP contribution is -2.24. The lowest BCUT2D eigenvalue weighted by Gasteiger charge is -2.14. The number of nitrogens with one attached hydrogen (secondary N) is 1. The largest absolute Gasteiger partial charge is 0.313 e. The summed E-state index contributed by atoms with van der Waals surface area (Å²) >= 11 is 0. The first-order valence-corrected chi connectivity index (χ1v) is 6.86. The topological polar surface area (TPSA) is 49.4 Å². The summed E-state index contributed by atoms with van der Waals surface area (Å²) < 4.78 is 52.0. The molecule has 0 saturated heterocycles. The van der Waals surface area contributed by atoms with Crippen molar-refractivity contribution < 1.29 is 17.2 Å². The molecule has 1 rings (SSSR count). The van der Waals surface area contributed by atoms with Crippen LogP contribution in [0.15, 0.2) is 17.0 Å². The molecule has 0 unspecified atom stereocenters. The molecule has 0 heterocycles. The van der Waals surface area contributed by atoms with Crippen molar-refractivity contribution in [2.24, 2.45) is 0 Å². The van der Waals surface area contributed by atoms with Crippen LogP contribution < -0.4 is 5.32 Å². The number of benzene rings is 1. The zero-order valence-corrected chi connectivity index (χ0v) is 11.3. The van der Waals surface area contributed by atoms with Crippen LogP contribution in [0.25, 0.3) is 0 Å². The Bertz CT molecular complexity index is 530. The average Bonchev–Trinajstić information content (AvgIpc) is 2.28. The molecule has 0 spiro atoms. The molecule has 1 aromatic carbocycles. The van der Waals surface area contributed by atoms with Crippen molar-refractivity contribution in [3.8, 4) is 0 Å². The highest BCUT2D eigenvalue weighted by molar-refractivity contribution is 7.89. The summed E-state index contributed by atoms with van der Waals surface area (Å²) in [5, 5.41) is 2.77. The summed E-state index contributed by atoms with van der Waals surface area (Å²) in [5.41, 5.74) is -0.264. The first-order chi connectivity index (χ1) is 8.32. The third-order valence-electron chi connectivity index (χ3n) is 2.46. The molecule has 0 aliphatic heterocycles. The van der Waals surface area contributed by atoms with Crippen molar-refractivity contribution in [1.29, 1.82) is 0 Å². The molecule has 0 atom stereocenters. The Balaban J connectivity index is 3.33. The predicted octanol–water partition coefficient (Wildman–Crippen LogP) is 1.32. The van der Waals surface area contributed by atoms with Gasteiger partial charge >= 0.3 is 0 Å². The normalized spacial score (nSPS) is 12.1. The smallest absolute Gasteiger partial charge is 0.245 e. The van der Waals surface area contributed by atoms with E-state index < -0.39 is 26.6 Å². The monoisotopic (exact) mass is 278 g/mol. The second kappa shape index (κ2) is 5.73. The van der Waals surface area contributed by atoms with Gasteiger partial charge in [0, 0.05) is 26.2 Å². The van der Waals surface area contributed by atoms with Crippen molar-refractivity contribution in [2.75, 3.05) is 20.6 Å².